The van der Waals surface area contributed by atoms with Gasteiger partial charge in [0, 0.05) is 19.1 Å². The van der Waals surface area contributed by atoms with Gasteiger partial charge in [0.25, 0.3) is 0 Å². The third-order valence-corrected chi connectivity index (χ3v) is 3.06. The van der Waals surface area contributed by atoms with Gasteiger partial charge in [-0.25, -0.2) is 4.79 Å². The van der Waals surface area contributed by atoms with Crippen molar-refractivity contribution in [2.45, 2.75) is 33.2 Å². The summed E-state index contributed by atoms with van der Waals surface area (Å²) in [5, 5.41) is 2.63. The van der Waals surface area contributed by atoms with Crippen LogP contribution >= 0.6 is 0 Å². The topological polar surface area (TPSA) is 58.6 Å². The highest BCUT2D eigenvalue weighted by Crippen LogP contribution is 2.17. The third kappa shape index (κ3) is 4.34. The normalized spacial score (nSPS) is 20.6. The van der Waals surface area contributed by atoms with Crippen molar-refractivity contribution in [2.75, 3.05) is 26.2 Å². The Kier molecular flexibility index (Phi) is 5.41. The number of nitrogens with one attached hydrogen (secondary N) is 1. The summed E-state index contributed by atoms with van der Waals surface area (Å²) in [5.41, 5.74) is 0. The number of ether oxygens (including phenoxy) is 1. The number of carbonyl (C=O) groups excluding carboxylic acids is 2. The molecule has 0 spiro atoms. The molecule has 1 unspecified atom stereocenters. The predicted molar refractivity (Wildman–Crippen MR) is 64.5 cm³/mol. The fourth-order valence-electron chi connectivity index (χ4n) is 2.00. The Morgan fingerprint density at radius 3 is 2.71 bits per heavy atom. The average Bonchev–Trinajstić information content (AvgIpc) is 2.75. The minimum absolute atomic E-state index is 0.233. The van der Waals surface area contributed by atoms with Gasteiger partial charge in [-0.2, -0.15) is 0 Å². The quantitative estimate of drug-likeness (QED) is 0.572. The predicted octanol–water partition coefficient (Wildman–Crippen LogP) is 0.396. The van der Waals surface area contributed by atoms with E-state index in [0.717, 1.165) is 19.5 Å². The van der Waals surface area contributed by atoms with E-state index in [1.54, 1.807) is 6.92 Å². The maximum atomic E-state index is 11.3. The molecule has 1 rings (SSSR count). The SMILES string of the molecule is CCOC(=O)C(=O)NCC1CCN(C(C)C)C1. The molecule has 0 aliphatic carbocycles. The summed E-state index contributed by atoms with van der Waals surface area (Å²) in [6.07, 6.45) is 1.07. The monoisotopic (exact) mass is 242 g/mol. The van der Waals surface area contributed by atoms with Gasteiger partial charge < -0.3 is 15.0 Å². The van der Waals surface area contributed by atoms with Crippen LogP contribution in [0.1, 0.15) is 27.2 Å². The lowest BCUT2D eigenvalue weighted by Gasteiger charge is -2.20. The molecule has 98 valence electrons. The van der Waals surface area contributed by atoms with Crippen molar-refractivity contribution < 1.29 is 14.3 Å². The highest BCUT2D eigenvalue weighted by Gasteiger charge is 2.25. The molecule has 1 amide bonds. The number of amides is 1. The molecule has 1 N–H and O–H groups in total. The highest BCUT2D eigenvalue weighted by atomic mass is 16.5. The molecular weight excluding hydrogens is 220 g/mol. The van der Waals surface area contributed by atoms with Crippen molar-refractivity contribution >= 4 is 11.9 Å². The zero-order chi connectivity index (χ0) is 12.8. The van der Waals surface area contributed by atoms with Gasteiger partial charge in [-0.05, 0) is 39.7 Å². The average molecular weight is 242 g/mol. The molecule has 1 aliphatic rings. The lowest BCUT2D eigenvalue weighted by atomic mass is 10.1. The van der Waals surface area contributed by atoms with Crippen molar-refractivity contribution in [3.8, 4) is 0 Å². The van der Waals surface area contributed by atoms with E-state index in [2.05, 4.69) is 28.8 Å². The lowest BCUT2D eigenvalue weighted by molar-refractivity contribution is -0.154. The van der Waals surface area contributed by atoms with Crippen LogP contribution in [-0.4, -0.2) is 49.1 Å². The molecule has 17 heavy (non-hydrogen) atoms. The number of carbonyl (C=O) groups is 2. The molecule has 0 bridgehead atoms. The van der Waals surface area contributed by atoms with Crippen LogP contribution in [0, 0.1) is 5.92 Å². The zero-order valence-corrected chi connectivity index (χ0v) is 10.9. The summed E-state index contributed by atoms with van der Waals surface area (Å²) in [5.74, 6) is -0.975. The van der Waals surface area contributed by atoms with Gasteiger partial charge in [0.05, 0.1) is 6.61 Å². The molecule has 5 heteroatoms. The van der Waals surface area contributed by atoms with E-state index < -0.39 is 11.9 Å². The van der Waals surface area contributed by atoms with E-state index in [4.69, 9.17) is 0 Å². The molecule has 5 nitrogen and oxygen atoms in total. The van der Waals surface area contributed by atoms with E-state index in [1.165, 1.54) is 0 Å². The van der Waals surface area contributed by atoms with Gasteiger partial charge in [-0.15, -0.1) is 0 Å². The van der Waals surface area contributed by atoms with Gasteiger partial charge in [0.2, 0.25) is 0 Å². The molecule has 0 saturated carbocycles. The van der Waals surface area contributed by atoms with E-state index in [1.807, 2.05) is 0 Å². The molecular formula is C12H22N2O3. The first-order chi connectivity index (χ1) is 8.04. The molecule has 0 aromatic carbocycles. The first kappa shape index (κ1) is 14.0. The molecule has 1 heterocycles. The van der Waals surface area contributed by atoms with Crippen LogP contribution < -0.4 is 5.32 Å². The van der Waals surface area contributed by atoms with E-state index in [9.17, 15) is 9.59 Å². The molecule has 1 atom stereocenters. The number of esters is 1. The number of hydrogen-bond donors (Lipinski definition) is 1. The summed E-state index contributed by atoms with van der Waals surface area (Å²) in [7, 11) is 0. The Balaban J connectivity index is 2.24. The van der Waals surface area contributed by atoms with Crippen molar-refractivity contribution in [1.82, 2.24) is 10.2 Å². The summed E-state index contributed by atoms with van der Waals surface area (Å²) < 4.78 is 4.62. The van der Waals surface area contributed by atoms with Crippen LogP contribution in [0.2, 0.25) is 0 Å². The zero-order valence-electron chi connectivity index (χ0n) is 10.9. The summed E-state index contributed by atoms with van der Waals surface area (Å²) >= 11 is 0. The Labute approximate surface area is 102 Å². The van der Waals surface area contributed by atoms with Gasteiger partial charge in [0.15, 0.2) is 0 Å². The van der Waals surface area contributed by atoms with Crippen molar-refractivity contribution in [3.63, 3.8) is 0 Å². The Hall–Kier alpha value is -1.10. The van der Waals surface area contributed by atoms with E-state index >= 15 is 0 Å². The standard InChI is InChI=1S/C12H22N2O3/c1-4-17-12(16)11(15)13-7-10-5-6-14(8-10)9(2)3/h9-10H,4-8H2,1-3H3,(H,13,15). The summed E-state index contributed by atoms with van der Waals surface area (Å²) in [6, 6.07) is 0.542. The molecule has 0 aromatic heterocycles. The molecule has 1 saturated heterocycles. The van der Waals surface area contributed by atoms with Crippen LogP contribution in [-0.2, 0) is 14.3 Å². The third-order valence-electron chi connectivity index (χ3n) is 3.06. The lowest BCUT2D eigenvalue weighted by Crippen LogP contribution is -2.37. The largest absolute Gasteiger partial charge is 0.459 e. The number of nitrogens with zero attached hydrogens (tertiary/aromatic N) is 1. The smallest absolute Gasteiger partial charge is 0.396 e. The minimum atomic E-state index is -0.786. The van der Waals surface area contributed by atoms with Gasteiger partial charge >= 0.3 is 11.9 Å². The first-order valence-electron chi connectivity index (χ1n) is 6.23. The Morgan fingerprint density at radius 1 is 1.47 bits per heavy atom. The summed E-state index contributed by atoms with van der Waals surface area (Å²) in [4.78, 5) is 24.8. The number of rotatable bonds is 4. The molecule has 0 aromatic rings. The second-order valence-electron chi connectivity index (χ2n) is 4.67. The summed E-state index contributed by atoms with van der Waals surface area (Å²) in [6.45, 7) is 8.86. The number of likely N-dealkylation sites (tertiary alicyclic amines) is 1. The van der Waals surface area contributed by atoms with Crippen molar-refractivity contribution in [3.05, 3.63) is 0 Å². The van der Waals surface area contributed by atoms with Crippen LogP contribution in [0.4, 0.5) is 0 Å². The maximum Gasteiger partial charge on any atom is 0.396 e. The van der Waals surface area contributed by atoms with E-state index in [0.29, 0.717) is 18.5 Å². The molecule has 0 radical (unpaired) electrons. The highest BCUT2D eigenvalue weighted by molar-refractivity contribution is 6.32. The fraction of sp³-hybridized carbons (Fsp3) is 0.833. The fourth-order valence-corrected chi connectivity index (χ4v) is 2.00. The van der Waals surface area contributed by atoms with Gasteiger partial charge in [-0.1, -0.05) is 0 Å². The maximum absolute atomic E-state index is 11.3. The second-order valence-corrected chi connectivity index (χ2v) is 4.67. The first-order valence-corrected chi connectivity index (χ1v) is 6.23. The van der Waals surface area contributed by atoms with E-state index in [-0.39, 0.29) is 6.61 Å². The van der Waals surface area contributed by atoms with Gasteiger partial charge in [0.1, 0.15) is 0 Å². The molecule has 1 aliphatic heterocycles. The molecule has 1 fully saturated rings. The Bertz CT molecular complexity index is 279. The second kappa shape index (κ2) is 6.59. The van der Waals surface area contributed by atoms with Crippen molar-refractivity contribution in [2.24, 2.45) is 5.92 Å². The Morgan fingerprint density at radius 2 is 2.18 bits per heavy atom. The van der Waals surface area contributed by atoms with Crippen LogP contribution in [0.3, 0.4) is 0 Å². The number of hydrogen-bond acceptors (Lipinski definition) is 4. The van der Waals surface area contributed by atoms with Crippen molar-refractivity contribution in [1.29, 1.82) is 0 Å². The van der Waals surface area contributed by atoms with Crippen LogP contribution in [0.5, 0.6) is 0 Å². The van der Waals surface area contributed by atoms with Gasteiger partial charge in [-0.3, -0.25) is 4.79 Å². The van der Waals surface area contributed by atoms with Crippen LogP contribution in [0.15, 0.2) is 0 Å². The minimum Gasteiger partial charge on any atom is -0.459 e. The van der Waals surface area contributed by atoms with Crippen LogP contribution in [0.25, 0.3) is 0 Å².